The third-order valence-corrected chi connectivity index (χ3v) is 9.15. The van der Waals surface area contributed by atoms with Crippen LogP contribution < -0.4 is 4.74 Å². The van der Waals surface area contributed by atoms with Crippen LogP contribution in [0.2, 0.25) is 0 Å². The summed E-state index contributed by atoms with van der Waals surface area (Å²) in [6, 6.07) is 7.70. The van der Waals surface area contributed by atoms with Crippen molar-refractivity contribution in [3.63, 3.8) is 0 Å². The summed E-state index contributed by atoms with van der Waals surface area (Å²) in [7, 11) is 1.64. The first kappa shape index (κ1) is 33.0. The SMILES string of the molecule is C=C[C@H](C)[C@H]1OC(C)(C)O[C@@H]([C@](C)(O)C[C@@H](C)[C@@H]2OC(c3ccc(OC)cc3)O[C@@H]([C@@H](C)[C@H](O)CC)[C@H]2C)[C@H]1C. The molecular weight excluding hydrogens is 508 g/mol. The first-order valence-corrected chi connectivity index (χ1v) is 15.0. The molecule has 0 spiro atoms. The summed E-state index contributed by atoms with van der Waals surface area (Å²) in [4.78, 5) is 0. The highest BCUT2D eigenvalue weighted by atomic mass is 16.7. The van der Waals surface area contributed by atoms with Gasteiger partial charge >= 0.3 is 0 Å². The number of aliphatic hydroxyl groups is 2. The van der Waals surface area contributed by atoms with Gasteiger partial charge in [0.1, 0.15) is 5.75 Å². The predicted octanol–water partition coefficient (Wildman–Crippen LogP) is 6.28. The molecule has 0 saturated carbocycles. The van der Waals surface area contributed by atoms with Crippen molar-refractivity contribution in [2.45, 2.75) is 123 Å². The van der Waals surface area contributed by atoms with Crippen molar-refractivity contribution >= 4 is 0 Å². The smallest absolute Gasteiger partial charge is 0.184 e. The highest BCUT2D eigenvalue weighted by Crippen LogP contribution is 2.45. The second-order valence-corrected chi connectivity index (χ2v) is 13.0. The van der Waals surface area contributed by atoms with Crippen LogP contribution in [0.5, 0.6) is 5.75 Å². The van der Waals surface area contributed by atoms with E-state index in [0.717, 1.165) is 11.3 Å². The van der Waals surface area contributed by atoms with Gasteiger partial charge < -0.3 is 33.9 Å². The first-order chi connectivity index (χ1) is 18.7. The fraction of sp³-hybridized carbons (Fsp3) is 0.758. The maximum absolute atomic E-state index is 12.0. The second kappa shape index (κ2) is 13.2. The zero-order valence-electron chi connectivity index (χ0n) is 26.3. The van der Waals surface area contributed by atoms with Crippen LogP contribution in [-0.4, -0.2) is 59.2 Å². The zero-order chi connectivity index (χ0) is 30.0. The van der Waals surface area contributed by atoms with Gasteiger partial charge in [0.2, 0.25) is 0 Å². The molecule has 0 aliphatic carbocycles. The maximum atomic E-state index is 12.0. The maximum Gasteiger partial charge on any atom is 0.184 e. The molecule has 40 heavy (non-hydrogen) atoms. The number of methoxy groups -OCH3 is 1. The molecule has 2 heterocycles. The van der Waals surface area contributed by atoms with E-state index < -0.39 is 29.9 Å². The number of benzene rings is 1. The van der Waals surface area contributed by atoms with Gasteiger partial charge in [0.15, 0.2) is 12.1 Å². The molecule has 1 unspecified atom stereocenters. The summed E-state index contributed by atoms with van der Waals surface area (Å²) in [6.07, 6.45) is 0.958. The number of hydrogen-bond donors (Lipinski definition) is 2. The molecule has 7 heteroatoms. The highest BCUT2D eigenvalue weighted by molar-refractivity contribution is 5.28. The Morgan fingerprint density at radius 1 is 1.02 bits per heavy atom. The average molecular weight is 563 g/mol. The molecule has 0 aromatic heterocycles. The third kappa shape index (κ3) is 7.29. The van der Waals surface area contributed by atoms with E-state index in [-0.39, 0.29) is 47.9 Å². The van der Waals surface area contributed by atoms with Crippen LogP contribution in [0.15, 0.2) is 36.9 Å². The van der Waals surface area contributed by atoms with Crippen molar-refractivity contribution in [2.75, 3.05) is 7.11 Å². The Bertz CT molecular complexity index is 945. The minimum absolute atomic E-state index is 0.00509. The van der Waals surface area contributed by atoms with Crippen molar-refractivity contribution in [3.05, 3.63) is 42.5 Å². The Morgan fingerprint density at radius 2 is 1.62 bits per heavy atom. The summed E-state index contributed by atoms with van der Waals surface area (Å²) in [5.41, 5.74) is -0.246. The van der Waals surface area contributed by atoms with Gasteiger partial charge in [-0.05, 0) is 51.7 Å². The molecule has 0 amide bonds. The van der Waals surface area contributed by atoms with E-state index in [0.29, 0.717) is 12.8 Å². The molecule has 12 atom stereocenters. The third-order valence-electron chi connectivity index (χ3n) is 9.15. The summed E-state index contributed by atoms with van der Waals surface area (Å²) in [5, 5.41) is 22.8. The lowest BCUT2D eigenvalue weighted by Gasteiger charge is -2.52. The fourth-order valence-electron chi connectivity index (χ4n) is 6.86. The van der Waals surface area contributed by atoms with Crippen LogP contribution in [0.25, 0.3) is 0 Å². The van der Waals surface area contributed by atoms with Crippen LogP contribution in [0.1, 0.15) is 87.0 Å². The Hall–Kier alpha value is -1.48. The molecule has 1 aromatic carbocycles. The molecule has 3 rings (SSSR count). The van der Waals surface area contributed by atoms with Gasteiger partial charge in [0, 0.05) is 29.2 Å². The second-order valence-electron chi connectivity index (χ2n) is 13.0. The largest absolute Gasteiger partial charge is 0.497 e. The molecule has 2 N–H and O–H groups in total. The van der Waals surface area contributed by atoms with E-state index in [1.54, 1.807) is 7.11 Å². The van der Waals surface area contributed by atoms with E-state index in [1.807, 2.05) is 65.0 Å². The lowest BCUT2D eigenvalue weighted by atomic mass is 9.73. The lowest BCUT2D eigenvalue weighted by Crippen LogP contribution is -2.60. The van der Waals surface area contributed by atoms with E-state index >= 15 is 0 Å². The first-order valence-electron chi connectivity index (χ1n) is 15.0. The summed E-state index contributed by atoms with van der Waals surface area (Å²) >= 11 is 0. The van der Waals surface area contributed by atoms with Gasteiger partial charge in [-0.1, -0.05) is 59.8 Å². The Balaban J connectivity index is 1.88. The van der Waals surface area contributed by atoms with Crippen LogP contribution in [0.4, 0.5) is 0 Å². The Labute approximate surface area is 242 Å². The van der Waals surface area contributed by atoms with E-state index in [9.17, 15) is 10.2 Å². The number of ether oxygens (including phenoxy) is 5. The molecule has 1 aromatic rings. The van der Waals surface area contributed by atoms with Crippen molar-refractivity contribution in [2.24, 2.45) is 29.6 Å². The fourth-order valence-corrected chi connectivity index (χ4v) is 6.86. The normalized spacial score (nSPS) is 35.1. The van der Waals surface area contributed by atoms with Gasteiger partial charge in [0.05, 0.1) is 43.2 Å². The quantitative estimate of drug-likeness (QED) is 0.307. The van der Waals surface area contributed by atoms with Crippen molar-refractivity contribution in [1.29, 1.82) is 0 Å². The summed E-state index contributed by atoms with van der Waals surface area (Å²) in [5.74, 6) is -0.111. The van der Waals surface area contributed by atoms with Gasteiger partial charge in [-0.2, -0.15) is 0 Å². The average Bonchev–Trinajstić information content (AvgIpc) is 2.92. The molecule has 2 aliphatic heterocycles. The standard InChI is InChI=1S/C33H54O7/c1-12-19(3)28-23(7)30(40-32(8,9)39-28)33(10,35)18-20(4)27-22(6)29(21(5)26(34)13-2)38-31(37-27)24-14-16-25(36-11)17-15-24/h12,14-17,19-23,26-31,34-35H,1,13,18H2,2-11H3/t19-,20+,21-,22-,23-,26+,27-,28+,29-,30+,31?,33+/m0/s1. The van der Waals surface area contributed by atoms with E-state index in [1.165, 1.54) is 0 Å². The van der Waals surface area contributed by atoms with Crippen molar-refractivity contribution in [3.8, 4) is 5.75 Å². The van der Waals surface area contributed by atoms with Crippen LogP contribution in [-0.2, 0) is 18.9 Å². The molecule has 0 radical (unpaired) electrons. The van der Waals surface area contributed by atoms with Crippen LogP contribution >= 0.6 is 0 Å². The molecule has 0 bridgehead atoms. The van der Waals surface area contributed by atoms with Crippen LogP contribution in [0.3, 0.4) is 0 Å². The molecule has 2 aliphatic rings. The molecule has 228 valence electrons. The van der Waals surface area contributed by atoms with E-state index in [2.05, 4.69) is 34.3 Å². The topological polar surface area (TPSA) is 86.6 Å². The van der Waals surface area contributed by atoms with Crippen molar-refractivity contribution in [1.82, 2.24) is 0 Å². The predicted molar refractivity (Wildman–Crippen MR) is 157 cm³/mol. The van der Waals surface area contributed by atoms with E-state index in [4.69, 9.17) is 23.7 Å². The molecular formula is C33H54O7. The summed E-state index contributed by atoms with van der Waals surface area (Å²) in [6.45, 7) is 22.1. The van der Waals surface area contributed by atoms with Gasteiger partial charge in [-0.3, -0.25) is 0 Å². The summed E-state index contributed by atoms with van der Waals surface area (Å²) < 4.78 is 31.2. The van der Waals surface area contributed by atoms with Crippen molar-refractivity contribution < 1.29 is 33.9 Å². The highest BCUT2D eigenvalue weighted by Gasteiger charge is 2.51. The molecule has 2 saturated heterocycles. The minimum Gasteiger partial charge on any atom is -0.497 e. The van der Waals surface area contributed by atoms with Gasteiger partial charge in [-0.15, -0.1) is 6.58 Å². The number of rotatable bonds is 11. The number of hydrogen-bond acceptors (Lipinski definition) is 7. The lowest BCUT2D eigenvalue weighted by molar-refractivity contribution is -0.351. The molecule has 2 fully saturated rings. The van der Waals surface area contributed by atoms with Crippen LogP contribution in [0, 0.1) is 29.6 Å². The Morgan fingerprint density at radius 3 is 2.17 bits per heavy atom. The minimum atomic E-state index is -1.14. The zero-order valence-corrected chi connectivity index (χ0v) is 26.3. The monoisotopic (exact) mass is 562 g/mol. The number of aliphatic hydroxyl groups excluding tert-OH is 1. The van der Waals surface area contributed by atoms with Gasteiger partial charge in [-0.25, -0.2) is 0 Å². The Kier molecular flexibility index (Phi) is 10.9. The molecule has 7 nitrogen and oxygen atoms in total. The van der Waals surface area contributed by atoms with Gasteiger partial charge in [0.25, 0.3) is 0 Å².